The van der Waals surface area contributed by atoms with Gasteiger partial charge in [-0.15, -0.1) is 0 Å². The van der Waals surface area contributed by atoms with Crippen molar-refractivity contribution in [3.05, 3.63) is 59.7 Å². The molecule has 0 aliphatic carbocycles. The Morgan fingerprint density at radius 3 is 2.13 bits per heavy atom. The van der Waals surface area contributed by atoms with Crippen LogP contribution < -0.4 is 4.74 Å². The molecule has 0 saturated carbocycles. The van der Waals surface area contributed by atoms with Crippen molar-refractivity contribution in [1.29, 1.82) is 5.26 Å². The molecule has 1 unspecified atom stereocenters. The highest BCUT2D eigenvalue weighted by Gasteiger charge is 2.27. The summed E-state index contributed by atoms with van der Waals surface area (Å²) >= 11 is 0. The number of benzene rings is 2. The third kappa shape index (κ3) is 7.28. The van der Waals surface area contributed by atoms with Gasteiger partial charge in [-0.2, -0.15) is 13.7 Å². The van der Waals surface area contributed by atoms with Crippen molar-refractivity contribution in [2.45, 2.75) is 62.4 Å². The molecule has 162 valence electrons. The SMILES string of the molecule is COc1ccc(C(C#N)C[C@@H](CC[Si](C)(C)C)OS(=O)(=O)c2ccc(C)cc2)cc1. The third-order valence-corrected chi connectivity index (χ3v) is 8.13. The first-order chi connectivity index (χ1) is 14.0. The largest absolute Gasteiger partial charge is 0.497 e. The normalized spacial score (nSPS) is 14.0. The average molecular weight is 446 g/mol. The first kappa shape index (κ1) is 24.1. The molecule has 30 heavy (non-hydrogen) atoms. The number of hydrogen-bond acceptors (Lipinski definition) is 5. The average Bonchev–Trinajstić information content (AvgIpc) is 2.69. The lowest BCUT2D eigenvalue weighted by Gasteiger charge is -2.24. The molecule has 0 heterocycles. The molecule has 0 spiro atoms. The zero-order valence-corrected chi connectivity index (χ0v) is 20.2. The Bertz CT molecular complexity index is 958. The molecule has 0 aromatic heterocycles. The molecule has 0 N–H and O–H groups in total. The zero-order valence-electron chi connectivity index (χ0n) is 18.4. The van der Waals surface area contributed by atoms with Gasteiger partial charge in [0.05, 0.1) is 30.1 Å². The van der Waals surface area contributed by atoms with E-state index in [9.17, 15) is 13.7 Å². The van der Waals surface area contributed by atoms with Gasteiger partial charge in [0.25, 0.3) is 10.1 Å². The summed E-state index contributed by atoms with van der Waals surface area (Å²) in [4.78, 5) is 0.143. The van der Waals surface area contributed by atoms with Gasteiger partial charge >= 0.3 is 0 Å². The summed E-state index contributed by atoms with van der Waals surface area (Å²) in [6.45, 7) is 8.62. The molecule has 2 atom stereocenters. The van der Waals surface area contributed by atoms with Crippen molar-refractivity contribution in [3.8, 4) is 11.8 Å². The highest BCUT2D eigenvalue weighted by atomic mass is 32.2. The first-order valence-corrected chi connectivity index (χ1v) is 15.2. The minimum Gasteiger partial charge on any atom is -0.497 e. The topological polar surface area (TPSA) is 76.4 Å². The monoisotopic (exact) mass is 445 g/mol. The molecule has 2 rings (SSSR count). The van der Waals surface area contributed by atoms with E-state index < -0.39 is 30.2 Å². The van der Waals surface area contributed by atoms with Crippen LogP contribution in [0.2, 0.25) is 25.7 Å². The van der Waals surface area contributed by atoms with Crippen LogP contribution in [0.4, 0.5) is 0 Å². The number of ether oxygens (including phenoxy) is 1. The molecule has 2 aromatic carbocycles. The standard InChI is InChI=1S/C23H31NO4SSi/c1-18-6-12-23(13-7-18)29(25,26)28-22(14-15-30(3,4)5)16-20(17-24)19-8-10-21(27-2)11-9-19/h6-13,20,22H,14-16H2,1-5H3/t20?,22-/m1/s1. The van der Waals surface area contributed by atoms with Gasteiger partial charge in [-0.3, -0.25) is 4.18 Å². The second-order valence-corrected chi connectivity index (χ2v) is 16.0. The fraction of sp³-hybridized carbons (Fsp3) is 0.435. The Labute approximate surface area is 181 Å². The van der Waals surface area contributed by atoms with Gasteiger partial charge in [0.2, 0.25) is 0 Å². The molecule has 5 nitrogen and oxygen atoms in total. The van der Waals surface area contributed by atoms with Gasteiger partial charge < -0.3 is 4.74 Å². The van der Waals surface area contributed by atoms with E-state index in [-0.39, 0.29) is 4.90 Å². The number of nitrogens with zero attached hydrogens (tertiary/aromatic N) is 1. The van der Waals surface area contributed by atoms with Crippen molar-refractivity contribution < 1.29 is 17.3 Å². The number of nitriles is 1. The van der Waals surface area contributed by atoms with Gasteiger partial charge in [-0.1, -0.05) is 55.5 Å². The summed E-state index contributed by atoms with van der Waals surface area (Å²) in [5.41, 5.74) is 1.81. The lowest BCUT2D eigenvalue weighted by Crippen LogP contribution is -2.26. The van der Waals surface area contributed by atoms with E-state index in [1.54, 1.807) is 43.5 Å². The van der Waals surface area contributed by atoms with E-state index in [0.29, 0.717) is 18.6 Å². The summed E-state index contributed by atoms with van der Waals surface area (Å²) < 4.78 is 36.6. The Balaban J connectivity index is 2.24. The van der Waals surface area contributed by atoms with Gasteiger partial charge in [0, 0.05) is 8.07 Å². The minimum atomic E-state index is -3.90. The third-order valence-electron chi connectivity index (χ3n) is 4.96. The molecular formula is C23H31NO4SSi. The van der Waals surface area contributed by atoms with Crippen molar-refractivity contribution in [3.63, 3.8) is 0 Å². The molecule has 2 aromatic rings. The molecule has 0 fully saturated rings. The summed E-state index contributed by atoms with van der Waals surface area (Å²) in [7, 11) is -3.72. The first-order valence-electron chi connectivity index (χ1n) is 10.1. The summed E-state index contributed by atoms with van der Waals surface area (Å²) in [6.07, 6.45) is 0.364. The summed E-state index contributed by atoms with van der Waals surface area (Å²) in [5.74, 6) is 0.250. The predicted octanol–water partition coefficient (Wildman–Crippen LogP) is 5.50. The van der Waals surface area contributed by atoms with Gasteiger partial charge in [-0.05, 0) is 49.6 Å². The van der Waals surface area contributed by atoms with Crippen molar-refractivity contribution in [2.75, 3.05) is 7.11 Å². The Hall–Kier alpha value is -2.14. The Morgan fingerprint density at radius 2 is 1.63 bits per heavy atom. The van der Waals surface area contributed by atoms with Crippen LogP contribution in [-0.2, 0) is 14.3 Å². The van der Waals surface area contributed by atoms with Crippen LogP contribution in [-0.4, -0.2) is 29.7 Å². The summed E-state index contributed by atoms with van der Waals surface area (Å²) in [5, 5.41) is 9.75. The number of aryl methyl sites for hydroxylation is 1. The van der Waals surface area contributed by atoms with Crippen LogP contribution in [0, 0.1) is 18.3 Å². The van der Waals surface area contributed by atoms with Crippen LogP contribution in [0.5, 0.6) is 5.75 Å². The van der Waals surface area contributed by atoms with Crippen molar-refractivity contribution >= 4 is 18.2 Å². The number of hydrogen-bond donors (Lipinski definition) is 0. The van der Waals surface area contributed by atoms with E-state index in [0.717, 1.165) is 17.2 Å². The second kappa shape index (κ2) is 10.2. The fourth-order valence-electron chi connectivity index (χ4n) is 3.10. The van der Waals surface area contributed by atoms with Gasteiger partial charge in [-0.25, -0.2) is 0 Å². The fourth-order valence-corrected chi connectivity index (χ4v) is 5.40. The van der Waals surface area contributed by atoms with E-state index in [2.05, 4.69) is 25.7 Å². The molecule has 7 heteroatoms. The molecule has 0 saturated heterocycles. The Kier molecular flexibility index (Phi) is 8.24. The van der Waals surface area contributed by atoms with Crippen LogP contribution in [0.3, 0.4) is 0 Å². The Morgan fingerprint density at radius 1 is 1.03 bits per heavy atom. The van der Waals surface area contributed by atoms with Gasteiger partial charge in [0.1, 0.15) is 5.75 Å². The highest BCUT2D eigenvalue weighted by Crippen LogP contribution is 2.29. The van der Waals surface area contributed by atoms with Crippen LogP contribution in [0.25, 0.3) is 0 Å². The molecular weight excluding hydrogens is 414 g/mol. The lowest BCUT2D eigenvalue weighted by molar-refractivity contribution is 0.190. The lowest BCUT2D eigenvalue weighted by atomic mass is 9.93. The molecule has 0 amide bonds. The van der Waals surface area contributed by atoms with E-state index in [1.807, 2.05) is 19.1 Å². The van der Waals surface area contributed by atoms with Crippen LogP contribution in [0.1, 0.15) is 29.9 Å². The maximum Gasteiger partial charge on any atom is 0.297 e. The predicted molar refractivity (Wildman–Crippen MR) is 122 cm³/mol. The van der Waals surface area contributed by atoms with Gasteiger partial charge in [0.15, 0.2) is 0 Å². The van der Waals surface area contributed by atoms with E-state index >= 15 is 0 Å². The van der Waals surface area contributed by atoms with Crippen LogP contribution in [0.15, 0.2) is 53.4 Å². The highest BCUT2D eigenvalue weighted by molar-refractivity contribution is 7.86. The van der Waals surface area contributed by atoms with E-state index in [4.69, 9.17) is 8.92 Å². The smallest absolute Gasteiger partial charge is 0.297 e. The van der Waals surface area contributed by atoms with E-state index in [1.165, 1.54) is 0 Å². The molecule has 0 aliphatic rings. The maximum atomic E-state index is 12.9. The zero-order chi connectivity index (χ0) is 22.4. The maximum absolute atomic E-state index is 12.9. The molecule has 0 aliphatic heterocycles. The second-order valence-electron chi connectivity index (χ2n) is 8.78. The van der Waals surface area contributed by atoms with Crippen LogP contribution >= 0.6 is 0 Å². The molecule has 0 bridgehead atoms. The molecule has 0 radical (unpaired) electrons. The summed E-state index contributed by atoms with van der Waals surface area (Å²) in [6, 6.07) is 17.2. The minimum absolute atomic E-state index is 0.143. The quantitative estimate of drug-likeness (QED) is 0.356. The van der Waals surface area contributed by atoms with Crippen molar-refractivity contribution in [2.24, 2.45) is 0 Å². The number of rotatable bonds is 10. The van der Waals surface area contributed by atoms with Crippen molar-refractivity contribution in [1.82, 2.24) is 0 Å². The number of methoxy groups -OCH3 is 1.